The predicted octanol–water partition coefficient (Wildman–Crippen LogP) is 4.34. The Morgan fingerprint density at radius 2 is 1.72 bits per heavy atom. The number of para-hydroxylation sites is 2. The van der Waals surface area contributed by atoms with Gasteiger partial charge in [0.1, 0.15) is 6.54 Å². The van der Waals surface area contributed by atoms with Crippen LogP contribution in [0.2, 0.25) is 0 Å². The quantitative estimate of drug-likeness (QED) is 0.653. The number of carbonyl (C=O) groups is 3. The van der Waals surface area contributed by atoms with Crippen molar-refractivity contribution < 1.29 is 14.4 Å². The van der Waals surface area contributed by atoms with E-state index in [1.165, 1.54) is 16.0 Å². The SMILES string of the molecule is O=C(CC1CCc2ccccc21)Nc1ccc(C(=O)N2CC(=O)Nc3ccccc32)cc1. The molecule has 0 saturated carbocycles. The Hall–Kier alpha value is -3.93. The van der Waals surface area contributed by atoms with Crippen LogP contribution in [-0.2, 0) is 16.0 Å². The topological polar surface area (TPSA) is 78.5 Å². The lowest BCUT2D eigenvalue weighted by molar-refractivity contribution is -0.116. The zero-order chi connectivity index (χ0) is 22.1. The zero-order valence-electron chi connectivity index (χ0n) is 17.5. The van der Waals surface area contributed by atoms with Crippen LogP contribution in [0.15, 0.2) is 72.8 Å². The third-order valence-corrected chi connectivity index (χ3v) is 6.12. The van der Waals surface area contributed by atoms with Gasteiger partial charge in [-0.05, 0) is 66.3 Å². The number of carbonyl (C=O) groups excluding carboxylic acids is 3. The van der Waals surface area contributed by atoms with E-state index >= 15 is 0 Å². The van der Waals surface area contributed by atoms with Crippen molar-refractivity contribution in [3.63, 3.8) is 0 Å². The van der Waals surface area contributed by atoms with Crippen LogP contribution in [0.4, 0.5) is 17.1 Å². The van der Waals surface area contributed by atoms with E-state index < -0.39 is 0 Å². The van der Waals surface area contributed by atoms with Gasteiger partial charge >= 0.3 is 0 Å². The van der Waals surface area contributed by atoms with Gasteiger partial charge < -0.3 is 10.6 Å². The maximum absolute atomic E-state index is 13.0. The number of aryl methyl sites for hydroxylation is 1. The molecule has 1 aliphatic carbocycles. The number of amides is 3. The van der Waals surface area contributed by atoms with Crippen molar-refractivity contribution >= 4 is 34.8 Å². The van der Waals surface area contributed by atoms with Crippen LogP contribution in [0, 0.1) is 0 Å². The van der Waals surface area contributed by atoms with Gasteiger partial charge in [-0.2, -0.15) is 0 Å². The number of fused-ring (bicyclic) bond motifs is 2. The molecule has 160 valence electrons. The molecule has 2 aliphatic rings. The fourth-order valence-corrected chi connectivity index (χ4v) is 4.56. The highest BCUT2D eigenvalue weighted by Gasteiger charge is 2.27. The van der Waals surface area contributed by atoms with Gasteiger partial charge in [-0.1, -0.05) is 36.4 Å². The number of rotatable bonds is 4. The average molecular weight is 425 g/mol. The fourth-order valence-electron chi connectivity index (χ4n) is 4.56. The van der Waals surface area contributed by atoms with E-state index in [1.807, 2.05) is 30.3 Å². The minimum atomic E-state index is -0.257. The second kappa shape index (κ2) is 8.30. The van der Waals surface area contributed by atoms with Gasteiger partial charge in [0.2, 0.25) is 11.8 Å². The molecule has 6 nitrogen and oxygen atoms in total. The molecule has 1 unspecified atom stereocenters. The Bertz CT molecular complexity index is 1200. The smallest absolute Gasteiger partial charge is 0.258 e. The van der Waals surface area contributed by atoms with E-state index in [0.29, 0.717) is 29.0 Å². The van der Waals surface area contributed by atoms with Crippen LogP contribution >= 0.6 is 0 Å². The molecule has 6 heteroatoms. The van der Waals surface area contributed by atoms with Crippen molar-refractivity contribution in [2.45, 2.75) is 25.2 Å². The van der Waals surface area contributed by atoms with Gasteiger partial charge in [-0.25, -0.2) is 0 Å². The molecule has 3 aromatic carbocycles. The number of benzene rings is 3. The summed E-state index contributed by atoms with van der Waals surface area (Å²) in [6.07, 6.45) is 2.45. The Labute approximate surface area is 186 Å². The number of nitrogens with zero attached hydrogens (tertiary/aromatic N) is 1. The Morgan fingerprint density at radius 3 is 2.56 bits per heavy atom. The molecule has 3 aromatic rings. The van der Waals surface area contributed by atoms with Gasteiger partial charge in [0.25, 0.3) is 5.91 Å². The van der Waals surface area contributed by atoms with Crippen molar-refractivity contribution in [3.8, 4) is 0 Å². The molecule has 3 amide bonds. The first-order valence-corrected chi connectivity index (χ1v) is 10.8. The first kappa shape index (κ1) is 20.0. The van der Waals surface area contributed by atoms with Gasteiger partial charge in [0.15, 0.2) is 0 Å². The molecule has 0 saturated heterocycles. The summed E-state index contributed by atoms with van der Waals surface area (Å²) in [4.78, 5) is 39.1. The van der Waals surface area contributed by atoms with Crippen molar-refractivity contribution in [2.24, 2.45) is 0 Å². The minimum Gasteiger partial charge on any atom is -0.326 e. The van der Waals surface area contributed by atoms with E-state index in [2.05, 4.69) is 22.8 Å². The lowest BCUT2D eigenvalue weighted by Gasteiger charge is -2.29. The highest BCUT2D eigenvalue weighted by molar-refractivity contribution is 6.15. The van der Waals surface area contributed by atoms with Crippen molar-refractivity contribution in [3.05, 3.63) is 89.5 Å². The third-order valence-electron chi connectivity index (χ3n) is 6.12. The van der Waals surface area contributed by atoms with Gasteiger partial charge in [-0.15, -0.1) is 0 Å². The van der Waals surface area contributed by atoms with E-state index in [4.69, 9.17) is 0 Å². The molecule has 1 atom stereocenters. The molecular formula is C26H23N3O3. The van der Waals surface area contributed by atoms with Gasteiger partial charge in [0, 0.05) is 17.7 Å². The first-order chi connectivity index (χ1) is 15.6. The molecule has 5 rings (SSSR count). The molecule has 0 radical (unpaired) electrons. The number of hydrogen-bond acceptors (Lipinski definition) is 3. The summed E-state index contributed by atoms with van der Waals surface area (Å²) in [6, 6.07) is 22.3. The highest BCUT2D eigenvalue weighted by atomic mass is 16.2. The second-order valence-electron chi connectivity index (χ2n) is 8.22. The largest absolute Gasteiger partial charge is 0.326 e. The van der Waals surface area contributed by atoms with Crippen molar-refractivity contribution in [2.75, 3.05) is 22.1 Å². The Morgan fingerprint density at radius 1 is 0.969 bits per heavy atom. The zero-order valence-corrected chi connectivity index (χ0v) is 17.5. The normalized spacial score (nSPS) is 16.7. The van der Waals surface area contributed by atoms with Crippen molar-refractivity contribution in [1.82, 2.24) is 0 Å². The van der Waals surface area contributed by atoms with Crippen LogP contribution in [0.3, 0.4) is 0 Å². The van der Waals surface area contributed by atoms with Crippen LogP contribution in [0.1, 0.15) is 40.2 Å². The standard InChI is InChI=1S/C26H23N3O3/c30-24(15-19-10-9-17-5-1-2-6-21(17)19)27-20-13-11-18(12-14-20)26(32)29-16-25(31)28-22-7-3-4-8-23(22)29/h1-8,11-14,19H,9-10,15-16H2,(H,27,30)(H,28,31). The third kappa shape index (κ3) is 3.87. The molecular weight excluding hydrogens is 402 g/mol. The summed E-state index contributed by atoms with van der Waals surface area (Å²) in [6.45, 7) is -0.0306. The van der Waals surface area contributed by atoms with Gasteiger partial charge in [-0.3, -0.25) is 19.3 Å². The molecule has 0 spiro atoms. The van der Waals surface area contributed by atoms with E-state index in [9.17, 15) is 14.4 Å². The monoisotopic (exact) mass is 425 g/mol. The number of anilines is 3. The summed E-state index contributed by atoms with van der Waals surface area (Å²) in [7, 11) is 0. The number of nitrogens with one attached hydrogen (secondary N) is 2. The fraction of sp³-hybridized carbons (Fsp3) is 0.192. The summed E-state index contributed by atoms with van der Waals surface area (Å²) < 4.78 is 0. The maximum Gasteiger partial charge on any atom is 0.258 e. The predicted molar refractivity (Wildman–Crippen MR) is 124 cm³/mol. The van der Waals surface area contributed by atoms with Crippen LogP contribution in [0.25, 0.3) is 0 Å². The molecule has 0 fully saturated rings. The molecule has 0 bridgehead atoms. The maximum atomic E-state index is 13.0. The van der Waals surface area contributed by atoms with Crippen molar-refractivity contribution in [1.29, 1.82) is 0 Å². The van der Waals surface area contributed by atoms with Crippen LogP contribution in [0.5, 0.6) is 0 Å². The molecule has 0 aromatic heterocycles. The summed E-state index contributed by atoms with van der Waals surface area (Å²) in [5, 5.41) is 5.72. The number of hydrogen-bond donors (Lipinski definition) is 2. The molecule has 32 heavy (non-hydrogen) atoms. The van der Waals surface area contributed by atoms with Crippen LogP contribution < -0.4 is 15.5 Å². The van der Waals surface area contributed by atoms with E-state index in [0.717, 1.165) is 12.8 Å². The summed E-state index contributed by atoms with van der Waals surface area (Å²) in [5.74, 6) is -0.271. The average Bonchev–Trinajstić information content (AvgIpc) is 3.21. The molecule has 1 aliphatic heterocycles. The molecule has 1 heterocycles. The lowest BCUT2D eigenvalue weighted by atomic mass is 9.97. The first-order valence-electron chi connectivity index (χ1n) is 10.8. The Kier molecular flexibility index (Phi) is 5.19. The Balaban J connectivity index is 1.25. The van der Waals surface area contributed by atoms with Crippen LogP contribution in [-0.4, -0.2) is 24.3 Å². The molecule has 2 N–H and O–H groups in total. The van der Waals surface area contributed by atoms with Gasteiger partial charge in [0.05, 0.1) is 11.4 Å². The second-order valence-corrected chi connectivity index (χ2v) is 8.22. The highest BCUT2D eigenvalue weighted by Crippen LogP contribution is 2.35. The van der Waals surface area contributed by atoms with E-state index in [1.54, 1.807) is 30.3 Å². The van der Waals surface area contributed by atoms with E-state index in [-0.39, 0.29) is 30.2 Å². The summed E-state index contributed by atoms with van der Waals surface area (Å²) in [5.41, 5.74) is 5.00. The summed E-state index contributed by atoms with van der Waals surface area (Å²) >= 11 is 0. The minimum absolute atomic E-state index is 0.0306. The lowest BCUT2D eigenvalue weighted by Crippen LogP contribution is -2.42.